The third-order valence-corrected chi connectivity index (χ3v) is 3.17. The van der Waals surface area contributed by atoms with Gasteiger partial charge in [0.1, 0.15) is 6.04 Å². The molecule has 1 aliphatic heterocycles. The van der Waals surface area contributed by atoms with Crippen molar-refractivity contribution in [2.45, 2.75) is 64.6 Å². The highest BCUT2D eigenvalue weighted by Gasteiger charge is 2.38. The lowest BCUT2D eigenvalue weighted by atomic mass is 10.1. The summed E-state index contributed by atoms with van der Waals surface area (Å²) in [5, 5.41) is 12.1. The Hall–Kier alpha value is -1.10. The Morgan fingerprint density at radius 3 is 2.50 bits per heavy atom. The average Bonchev–Trinajstić information content (AvgIpc) is 2.64. The van der Waals surface area contributed by atoms with Gasteiger partial charge in [0, 0.05) is 5.54 Å². The van der Waals surface area contributed by atoms with Crippen LogP contribution in [0, 0.1) is 0 Å². The molecule has 0 aromatic rings. The van der Waals surface area contributed by atoms with Crippen LogP contribution in [-0.2, 0) is 9.59 Å². The van der Waals surface area contributed by atoms with Gasteiger partial charge in [-0.3, -0.25) is 14.5 Å². The molecule has 0 bridgehead atoms. The van der Waals surface area contributed by atoms with Gasteiger partial charge in [-0.15, -0.1) is 0 Å². The Balaban J connectivity index is 2.76. The second-order valence-electron chi connectivity index (χ2n) is 5.90. The van der Waals surface area contributed by atoms with E-state index < -0.39 is 12.0 Å². The number of nitrogens with zero attached hydrogens (tertiary/aromatic N) is 1. The molecule has 5 nitrogen and oxygen atoms in total. The van der Waals surface area contributed by atoms with Gasteiger partial charge in [-0.2, -0.15) is 0 Å². The van der Waals surface area contributed by atoms with Crippen LogP contribution in [0.1, 0.15) is 47.0 Å². The van der Waals surface area contributed by atoms with Crippen molar-refractivity contribution in [3.05, 3.63) is 0 Å². The molecule has 5 heteroatoms. The molecule has 1 amide bonds. The topological polar surface area (TPSA) is 69.6 Å². The molecule has 18 heavy (non-hydrogen) atoms. The zero-order valence-corrected chi connectivity index (χ0v) is 11.7. The van der Waals surface area contributed by atoms with E-state index in [2.05, 4.69) is 5.32 Å². The van der Waals surface area contributed by atoms with Crippen LogP contribution in [0.15, 0.2) is 0 Å². The summed E-state index contributed by atoms with van der Waals surface area (Å²) in [5.74, 6) is -0.896. The zero-order valence-electron chi connectivity index (χ0n) is 11.7. The maximum Gasteiger partial charge on any atom is 0.320 e. The lowest BCUT2D eigenvalue weighted by Gasteiger charge is -2.32. The van der Waals surface area contributed by atoms with Gasteiger partial charge >= 0.3 is 5.97 Å². The highest BCUT2D eigenvalue weighted by atomic mass is 16.4. The summed E-state index contributed by atoms with van der Waals surface area (Å²) >= 11 is 0. The van der Waals surface area contributed by atoms with Gasteiger partial charge in [0.25, 0.3) is 0 Å². The number of rotatable bonds is 4. The van der Waals surface area contributed by atoms with E-state index in [4.69, 9.17) is 5.11 Å². The van der Waals surface area contributed by atoms with Crippen molar-refractivity contribution in [2.75, 3.05) is 6.54 Å². The van der Waals surface area contributed by atoms with Gasteiger partial charge in [-0.1, -0.05) is 6.92 Å². The number of carbonyl (C=O) groups excluding carboxylic acids is 1. The van der Waals surface area contributed by atoms with E-state index in [1.165, 1.54) is 0 Å². The molecule has 0 aromatic heterocycles. The summed E-state index contributed by atoms with van der Waals surface area (Å²) < 4.78 is 0. The fourth-order valence-electron chi connectivity index (χ4n) is 2.45. The molecule has 0 radical (unpaired) electrons. The van der Waals surface area contributed by atoms with Gasteiger partial charge < -0.3 is 10.4 Å². The molecule has 1 aliphatic rings. The van der Waals surface area contributed by atoms with Crippen LogP contribution in [0.25, 0.3) is 0 Å². The van der Waals surface area contributed by atoms with E-state index in [9.17, 15) is 9.59 Å². The largest absolute Gasteiger partial charge is 0.480 e. The van der Waals surface area contributed by atoms with Crippen molar-refractivity contribution >= 4 is 11.9 Å². The quantitative estimate of drug-likeness (QED) is 0.793. The van der Waals surface area contributed by atoms with Crippen LogP contribution in [0.4, 0.5) is 0 Å². The first-order chi connectivity index (χ1) is 8.26. The number of carboxylic acid groups (broad SMARTS) is 1. The zero-order chi connectivity index (χ0) is 13.9. The maximum atomic E-state index is 12.2. The van der Waals surface area contributed by atoms with Crippen LogP contribution in [-0.4, -0.2) is 46.1 Å². The van der Waals surface area contributed by atoms with Crippen LogP contribution in [0.3, 0.4) is 0 Å². The van der Waals surface area contributed by atoms with E-state index in [1.807, 2.05) is 32.6 Å². The summed E-state index contributed by atoms with van der Waals surface area (Å²) in [4.78, 5) is 25.2. The third-order valence-electron chi connectivity index (χ3n) is 3.17. The molecule has 1 saturated heterocycles. The molecular weight excluding hydrogens is 232 g/mol. The minimum Gasteiger partial charge on any atom is -0.480 e. The van der Waals surface area contributed by atoms with Crippen LogP contribution >= 0.6 is 0 Å². The summed E-state index contributed by atoms with van der Waals surface area (Å²) in [6, 6.07) is -0.853. The van der Waals surface area contributed by atoms with Crippen molar-refractivity contribution in [1.29, 1.82) is 0 Å². The van der Waals surface area contributed by atoms with E-state index in [-0.39, 0.29) is 17.5 Å². The fourth-order valence-corrected chi connectivity index (χ4v) is 2.45. The fraction of sp³-hybridized carbons (Fsp3) is 0.846. The summed E-state index contributed by atoms with van der Waals surface area (Å²) in [6.07, 6.45) is 2.11. The molecule has 1 rings (SSSR count). The summed E-state index contributed by atoms with van der Waals surface area (Å²) in [7, 11) is 0. The molecule has 0 unspecified atom stereocenters. The van der Waals surface area contributed by atoms with Crippen molar-refractivity contribution in [3.63, 3.8) is 0 Å². The molecule has 2 atom stereocenters. The smallest absolute Gasteiger partial charge is 0.320 e. The number of carbonyl (C=O) groups is 2. The number of carboxylic acids is 1. The minimum absolute atomic E-state index is 0.0712. The second kappa shape index (κ2) is 5.69. The van der Waals surface area contributed by atoms with E-state index in [0.29, 0.717) is 19.4 Å². The number of amides is 1. The number of aliphatic carboxylic acids is 1. The predicted molar refractivity (Wildman–Crippen MR) is 69.3 cm³/mol. The highest BCUT2D eigenvalue weighted by molar-refractivity contribution is 5.83. The molecular formula is C13H24N2O3. The lowest BCUT2D eigenvalue weighted by molar-refractivity contribution is -0.144. The van der Waals surface area contributed by atoms with Gasteiger partial charge in [0.05, 0.1) is 6.04 Å². The summed E-state index contributed by atoms with van der Waals surface area (Å²) in [5.41, 5.74) is -0.289. The Morgan fingerprint density at radius 2 is 2.06 bits per heavy atom. The van der Waals surface area contributed by atoms with E-state index >= 15 is 0 Å². The summed E-state index contributed by atoms with van der Waals surface area (Å²) in [6.45, 7) is 8.39. The molecule has 1 heterocycles. The molecule has 2 N–H and O–H groups in total. The first kappa shape index (κ1) is 15.0. The van der Waals surface area contributed by atoms with Crippen LogP contribution in [0.2, 0.25) is 0 Å². The standard InChI is InChI=1S/C13H24N2O3/c1-5-9(11(16)14-13(2,3)4)15-8-6-7-10(15)12(17)18/h9-10H,5-8H2,1-4H3,(H,14,16)(H,17,18)/t9-,10-/m0/s1. The Labute approximate surface area is 109 Å². The second-order valence-corrected chi connectivity index (χ2v) is 5.90. The van der Waals surface area contributed by atoms with Crippen molar-refractivity contribution < 1.29 is 14.7 Å². The molecule has 1 fully saturated rings. The van der Waals surface area contributed by atoms with Gasteiger partial charge in [-0.25, -0.2) is 0 Å². The van der Waals surface area contributed by atoms with Crippen molar-refractivity contribution in [1.82, 2.24) is 10.2 Å². The highest BCUT2D eigenvalue weighted by Crippen LogP contribution is 2.22. The van der Waals surface area contributed by atoms with E-state index in [1.54, 1.807) is 0 Å². The molecule has 0 aliphatic carbocycles. The molecule has 0 spiro atoms. The third kappa shape index (κ3) is 3.70. The number of nitrogens with one attached hydrogen (secondary N) is 1. The Kier molecular flexibility index (Phi) is 4.73. The van der Waals surface area contributed by atoms with Crippen molar-refractivity contribution in [3.8, 4) is 0 Å². The van der Waals surface area contributed by atoms with Gasteiger partial charge in [-0.05, 0) is 46.6 Å². The predicted octanol–water partition coefficient (Wildman–Crippen LogP) is 1.23. The van der Waals surface area contributed by atoms with Gasteiger partial charge in [0.2, 0.25) is 5.91 Å². The van der Waals surface area contributed by atoms with E-state index in [0.717, 1.165) is 6.42 Å². The van der Waals surface area contributed by atoms with Crippen LogP contribution < -0.4 is 5.32 Å². The molecule has 104 valence electrons. The molecule has 0 saturated carbocycles. The van der Waals surface area contributed by atoms with Gasteiger partial charge in [0.15, 0.2) is 0 Å². The number of likely N-dealkylation sites (tertiary alicyclic amines) is 1. The monoisotopic (exact) mass is 256 g/mol. The lowest BCUT2D eigenvalue weighted by Crippen LogP contribution is -2.54. The maximum absolute atomic E-state index is 12.2. The number of hydrogen-bond donors (Lipinski definition) is 2. The first-order valence-corrected chi connectivity index (χ1v) is 6.57. The van der Waals surface area contributed by atoms with Crippen LogP contribution in [0.5, 0.6) is 0 Å². The average molecular weight is 256 g/mol. The SMILES string of the molecule is CC[C@@H](C(=O)NC(C)(C)C)N1CCC[C@H]1C(=O)O. The Morgan fingerprint density at radius 1 is 1.44 bits per heavy atom. The first-order valence-electron chi connectivity index (χ1n) is 6.57. The normalized spacial score (nSPS) is 22.8. The van der Waals surface area contributed by atoms with Crippen molar-refractivity contribution in [2.24, 2.45) is 0 Å². The Bertz CT molecular complexity index is 323. The molecule has 0 aromatic carbocycles. The minimum atomic E-state index is -0.825. The number of hydrogen-bond acceptors (Lipinski definition) is 3.